The monoisotopic (exact) mass is 262 g/mol. The van der Waals surface area contributed by atoms with Crippen molar-refractivity contribution >= 4 is 11.8 Å². The summed E-state index contributed by atoms with van der Waals surface area (Å²) in [6.45, 7) is 3.20. The van der Waals surface area contributed by atoms with Crippen LogP contribution in [0.2, 0.25) is 0 Å². The Morgan fingerprint density at radius 2 is 2.26 bits per heavy atom. The summed E-state index contributed by atoms with van der Waals surface area (Å²) in [6.07, 6.45) is 3.66. The Morgan fingerprint density at radius 1 is 1.42 bits per heavy atom. The molecule has 1 saturated heterocycles. The Hall–Kier alpha value is -1.62. The van der Waals surface area contributed by atoms with Crippen LogP contribution in [-0.2, 0) is 4.74 Å². The summed E-state index contributed by atoms with van der Waals surface area (Å²) in [7, 11) is 0. The molecule has 5 nitrogen and oxygen atoms in total. The van der Waals surface area contributed by atoms with Crippen LogP contribution < -0.4 is 4.90 Å². The van der Waals surface area contributed by atoms with Crippen LogP contribution >= 0.6 is 0 Å². The number of carbonyl (C=O) groups is 1. The van der Waals surface area contributed by atoms with Gasteiger partial charge in [-0.2, -0.15) is 0 Å². The van der Waals surface area contributed by atoms with Crippen molar-refractivity contribution in [3.63, 3.8) is 0 Å². The molecule has 0 amide bonds. The van der Waals surface area contributed by atoms with Gasteiger partial charge >= 0.3 is 5.97 Å². The maximum Gasteiger partial charge on any atom is 0.354 e. The molecule has 0 unspecified atom stereocenters. The molecule has 1 N–H and O–H groups in total. The second-order valence-electron chi connectivity index (χ2n) is 5.51. The van der Waals surface area contributed by atoms with Crippen LogP contribution in [0.1, 0.15) is 29.8 Å². The van der Waals surface area contributed by atoms with E-state index in [1.54, 1.807) is 6.07 Å². The molecule has 0 aromatic carbocycles. The fourth-order valence-corrected chi connectivity index (χ4v) is 2.89. The number of ether oxygens (including phenoxy) is 1. The van der Waals surface area contributed by atoms with Gasteiger partial charge in [0.05, 0.1) is 13.2 Å². The lowest BCUT2D eigenvalue weighted by Crippen LogP contribution is -2.43. The zero-order valence-electron chi connectivity index (χ0n) is 10.8. The van der Waals surface area contributed by atoms with Crippen LogP contribution in [0.15, 0.2) is 18.2 Å². The number of hydrogen-bond donors (Lipinski definition) is 1. The lowest BCUT2D eigenvalue weighted by Gasteiger charge is -2.43. The van der Waals surface area contributed by atoms with Gasteiger partial charge in [0.1, 0.15) is 5.82 Å². The van der Waals surface area contributed by atoms with Crippen molar-refractivity contribution in [1.82, 2.24) is 4.98 Å². The number of anilines is 1. The van der Waals surface area contributed by atoms with Gasteiger partial charge in [-0.05, 0) is 25.0 Å². The zero-order valence-corrected chi connectivity index (χ0v) is 10.8. The summed E-state index contributed by atoms with van der Waals surface area (Å²) in [5.74, 6) is -0.233. The van der Waals surface area contributed by atoms with Crippen molar-refractivity contribution in [2.45, 2.75) is 19.3 Å². The van der Waals surface area contributed by atoms with Gasteiger partial charge in [0.2, 0.25) is 0 Å². The largest absolute Gasteiger partial charge is 0.477 e. The van der Waals surface area contributed by atoms with E-state index in [1.807, 2.05) is 6.07 Å². The maximum atomic E-state index is 11.0. The van der Waals surface area contributed by atoms with Crippen molar-refractivity contribution in [2.24, 2.45) is 5.41 Å². The van der Waals surface area contributed by atoms with Crippen LogP contribution in [0.4, 0.5) is 5.82 Å². The summed E-state index contributed by atoms with van der Waals surface area (Å²) in [5.41, 5.74) is 0.363. The predicted octanol–water partition coefficient (Wildman–Crippen LogP) is 1.79. The summed E-state index contributed by atoms with van der Waals surface area (Å²) in [6, 6.07) is 5.16. The maximum absolute atomic E-state index is 11.0. The first-order valence-electron chi connectivity index (χ1n) is 6.72. The number of aromatic carboxylic acids is 1. The van der Waals surface area contributed by atoms with Gasteiger partial charge < -0.3 is 14.7 Å². The summed E-state index contributed by atoms with van der Waals surface area (Å²) in [5, 5.41) is 9.02. The molecule has 1 spiro atoms. The number of nitrogens with zero attached hydrogens (tertiary/aromatic N) is 2. The fraction of sp³-hybridized carbons (Fsp3) is 0.571. The van der Waals surface area contributed by atoms with E-state index in [0.717, 1.165) is 25.5 Å². The number of aromatic nitrogens is 1. The molecule has 2 heterocycles. The molecule has 0 radical (unpaired) electrons. The van der Waals surface area contributed by atoms with Crippen molar-refractivity contribution in [2.75, 3.05) is 31.2 Å². The van der Waals surface area contributed by atoms with Gasteiger partial charge in [-0.25, -0.2) is 9.78 Å². The van der Waals surface area contributed by atoms with E-state index in [-0.39, 0.29) is 11.1 Å². The molecule has 0 bridgehead atoms. The second-order valence-corrected chi connectivity index (χ2v) is 5.51. The van der Waals surface area contributed by atoms with E-state index in [2.05, 4.69) is 9.88 Å². The molecular weight excluding hydrogens is 244 g/mol. The number of rotatable bonds is 2. The quantitative estimate of drug-likeness (QED) is 0.880. The Kier molecular flexibility index (Phi) is 3.14. The van der Waals surface area contributed by atoms with Crippen LogP contribution in [0.3, 0.4) is 0 Å². The standard InChI is InChI=1S/C14H18N2O3/c17-13(18)11-3-1-4-12(15-11)16-7-8-19-10-14(9-16)5-2-6-14/h1,3-4H,2,5-10H2,(H,17,18). The minimum atomic E-state index is -0.980. The van der Waals surface area contributed by atoms with Crippen LogP contribution in [-0.4, -0.2) is 42.4 Å². The lowest BCUT2D eigenvalue weighted by atomic mass is 9.69. The first-order chi connectivity index (χ1) is 9.19. The lowest BCUT2D eigenvalue weighted by molar-refractivity contribution is 0.0187. The van der Waals surface area contributed by atoms with E-state index in [4.69, 9.17) is 9.84 Å². The number of pyridine rings is 1. The molecule has 1 aromatic heterocycles. The van der Waals surface area contributed by atoms with Crippen LogP contribution in [0, 0.1) is 5.41 Å². The Morgan fingerprint density at radius 3 is 2.95 bits per heavy atom. The minimum absolute atomic E-state index is 0.102. The van der Waals surface area contributed by atoms with Crippen molar-refractivity contribution < 1.29 is 14.6 Å². The van der Waals surface area contributed by atoms with E-state index >= 15 is 0 Å². The fourth-order valence-electron chi connectivity index (χ4n) is 2.89. The highest BCUT2D eigenvalue weighted by Crippen LogP contribution is 2.43. The second kappa shape index (κ2) is 4.81. The number of carboxylic acids is 1. The van der Waals surface area contributed by atoms with E-state index in [9.17, 15) is 4.79 Å². The first-order valence-corrected chi connectivity index (χ1v) is 6.72. The van der Waals surface area contributed by atoms with Gasteiger partial charge in [0.25, 0.3) is 0 Å². The highest BCUT2D eigenvalue weighted by molar-refractivity contribution is 5.85. The molecule has 102 valence electrons. The van der Waals surface area contributed by atoms with Gasteiger partial charge in [0, 0.05) is 18.5 Å². The summed E-state index contributed by atoms with van der Waals surface area (Å²) < 4.78 is 5.70. The predicted molar refractivity (Wildman–Crippen MR) is 70.5 cm³/mol. The average Bonchev–Trinajstić information content (AvgIpc) is 2.61. The van der Waals surface area contributed by atoms with Gasteiger partial charge in [0.15, 0.2) is 5.69 Å². The molecule has 1 aliphatic heterocycles. The molecule has 2 fully saturated rings. The third kappa shape index (κ3) is 2.42. The molecule has 3 rings (SSSR count). The molecular formula is C14H18N2O3. The van der Waals surface area contributed by atoms with Crippen molar-refractivity contribution in [1.29, 1.82) is 0 Å². The number of carboxylic acid groups (broad SMARTS) is 1. The number of hydrogen-bond acceptors (Lipinski definition) is 4. The summed E-state index contributed by atoms with van der Waals surface area (Å²) >= 11 is 0. The SMILES string of the molecule is O=C(O)c1cccc(N2CCOCC3(CCC3)C2)n1. The molecule has 1 saturated carbocycles. The molecule has 0 atom stereocenters. The van der Waals surface area contributed by atoms with Gasteiger partial charge in [-0.3, -0.25) is 0 Å². The summed E-state index contributed by atoms with van der Waals surface area (Å²) in [4.78, 5) is 17.4. The molecule has 5 heteroatoms. The van der Waals surface area contributed by atoms with E-state index < -0.39 is 5.97 Å². The molecule has 1 aromatic rings. The van der Waals surface area contributed by atoms with E-state index in [1.165, 1.54) is 25.3 Å². The molecule has 19 heavy (non-hydrogen) atoms. The third-order valence-corrected chi connectivity index (χ3v) is 4.13. The average molecular weight is 262 g/mol. The van der Waals surface area contributed by atoms with E-state index in [0.29, 0.717) is 6.61 Å². The van der Waals surface area contributed by atoms with Crippen LogP contribution in [0.5, 0.6) is 0 Å². The highest BCUT2D eigenvalue weighted by atomic mass is 16.5. The molecule has 1 aliphatic carbocycles. The first kappa shape index (κ1) is 12.4. The molecule has 2 aliphatic rings. The normalized spacial score (nSPS) is 21.8. The zero-order chi connectivity index (χ0) is 13.3. The third-order valence-electron chi connectivity index (χ3n) is 4.13. The van der Waals surface area contributed by atoms with Crippen molar-refractivity contribution in [3.8, 4) is 0 Å². The van der Waals surface area contributed by atoms with Crippen molar-refractivity contribution in [3.05, 3.63) is 23.9 Å². The Bertz CT molecular complexity index is 485. The minimum Gasteiger partial charge on any atom is -0.477 e. The Balaban J connectivity index is 1.83. The smallest absolute Gasteiger partial charge is 0.354 e. The van der Waals surface area contributed by atoms with Gasteiger partial charge in [-0.1, -0.05) is 12.5 Å². The Labute approximate surface area is 112 Å². The van der Waals surface area contributed by atoms with Gasteiger partial charge in [-0.15, -0.1) is 0 Å². The highest BCUT2D eigenvalue weighted by Gasteiger charge is 2.40. The van der Waals surface area contributed by atoms with Crippen LogP contribution in [0.25, 0.3) is 0 Å². The topological polar surface area (TPSA) is 62.7 Å².